The fraction of sp³-hybridized carbons (Fsp3) is 0.143. The Morgan fingerprint density at radius 2 is 1.47 bits per heavy atom. The summed E-state index contributed by atoms with van der Waals surface area (Å²) in [6.45, 7) is 0.751. The van der Waals surface area contributed by atoms with Gasteiger partial charge in [0.15, 0.2) is 0 Å². The Bertz CT molecular complexity index is 428. The minimum absolute atomic E-state index is 0.195. The van der Waals surface area contributed by atoms with Crippen LogP contribution in [0.5, 0.6) is 0 Å². The Labute approximate surface area is 102 Å². The molecule has 0 fully saturated rings. The first-order chi connectivity index (χ1) is 8.36. The smallest absolute Gasteiger partial charge is 0.0938 e. The van der Waals surface area contributed by atoms with Gasteiger partial charge in [-0.2, -0.15) is 0 Å². The average molecular weight is 227 g/mol. The number of hydrogen-bond donors (Lipinski definition) is 3. The number of nitrogens with two attached hydrogens (primary N) is 1. The van der Waals surface area contributed by atoms with Crippen LogP contribution in [0.25, 0.3) is 0 Å². The second-order valence-electron chi connectivity index (χ2n) is 3.87. The largest absolute Gasteiger partial charge is 0.311 e. The van der Waals surface area contributed by atoms with E-state index in [0.717, 1.165) is 12.1 Å². The number of hydrazine groups is 1. The molecule has 2 rings (SSSR count). The highest BCUT2D eigenvalue weighted by molar-refractivity contribution is 5.18. The number of rotatable bonds is 5. The van der Waals surface area contributed by atoms with E-state index >= 15 is 0 Å². The maximum absolute atomic E-state index is 5.99. The zero-order valence-corrected chi connectivity index (χ0v) is 9.64. The molecule has 0 heterocycles. The first-order valence-electron chi connectivity index (χ1n) is 5.69. The van der Waals surface area contributed by atoms with E-state index in [4.69, 9.17) is 5.73 Å². The fourth-order valence-corrected chi connectivity index (χ4v) is 1.60. The van der Waals surface area contributed by atoms with E-state index in [1.54, 1.807) is 0 Å². The molecule has 0 amide bonds. The van der Waals surface area contributed by atoms with Crippen LogP contribution in [-0.2, 0) is 6.54 Å². The summed E-state index contributed by atoms with van der Waals surface area (Å²) >= 11 is 0. The number of hydrogen-bond acceptors (Lipinski definition) is 3. The van der Waals surface area contributed by atoms with Gasteiger partial charge in [-0.25, -0.2) is 5.43 Å². The Kier molecular flexibility index (Phi) is 4.27. The summed E-state index contributed by atoms with van der Waals surface area (Å²) in [6.07, 6.45) is -0.195. The lowest BCUT2D eigenvalue weighted by molar-refractivity contribution is 0.446. The molecule has 0 spiro atoms. The summed E-state index contributed by atoms with van der Waals surface area (Å²) < 4.78 is 0. The molecule has 1 unspecified atom stereocenters. The summed E-state index contributed by atoms with van der Waals surface area (Å²) in [6, 6.07) is 20.1. The minimum atomic E-state index is -0.195. The van der Waals surface area contributed by atoms with Gasteiger partial charge in [-0.3, -0.25) is 5.43 Å². The molecule has 3 heteroatoms. The molecule has 2 aromatic carbocycles. The summed E-state index contributed by atoms with van der Waals surface area (Å²) in [4.78, 5) is 0. The summed E-state index contributed by atoms with van der Waals surface area (Å²) in [5.41, 5.74) is 14.5. The molecule has 0 aliphatic heterocycles. The monoisotopic (exact) mass is 227 g/mol. The van der Waals surface area contributed by atoms with Gasteiger partial charge in [0.05, 0.1) is 6.17 Å². The van der Waals surface area contributed by atoms with Crippen molar-refractivity contribution < 1.29 is 0 Å². The van der Waals surface area contributed by atoms with Crippen molar-refractivity contribution in [1.82, 2.24) is 10.9 Å². The maximum Gasteiger partial charge on any atom is 0.0938 e. The third kappa shape index (κ3) is 3.67. The molecule has 4 N–H and O–H groups in total. The van der Waals surface area contributed by atoms with E-state index in [1.165, 1.54) is 5.56 Å². The highest BCUT2D eigenvalue weighted by Crippen LogP contribution is 2.05. The molecule has 0 bridgehead atoms. The molecule has 0 saturated carbocycles. The maximum atomic E-state index is 5.99. The third-order valence-electron chi connectivity index (χ3n) is 2.55. The zero-order valence-electron chi connectivity index (χ0n) is 9.64. The van der Waals surface area contributed by atoms with Crippen LogP contribution in [0.4, 0.5) is 0 Å². The predicted octanol–water partition coefficient (Wildman–Crippen LogP) is 1.94. The van der Waals surface area contributed by atoms with Gasteiger partial charge in [0.1, 0.15) is 0 Å². The van der Waals surface area contributed by atoms with Gasteiger partial charge < -0.3 is 5.73 Å². The van der Waals surface area contributed by atoms with Gasteiger partial charge in [-0.1, -0.05) is 60.7 Å². The molecule has 2 aromatic rings. The Morgan fingerprint density at radius 1 is 0.882 bits per heavy atom. The van der Waals surface area contributed by atoms with Crippen LogP contribution < -0.4 is 16.6 Å². The van der Waals surface area contributed by atoms with Crippen LogP contribution in [0.2, 0.25) is 0 Å². The number of nitrogens with one attached hydrogen (secondary N) is 2. The highest BCUT2D eigenvalue weighted by Gasteiger charge is 2.02. The number of benzene rings is 2. The van der Waals surface area contributed by atoms with Crippen molar-refractivity contribution in [1.29, 1.82) is 0 Å². The van der Waals surface area contributed by atoms with Crippen LogP contribution in [0.15, 0.2) is 60.7 Å². The van der Waals surface area contributed by atoms with Crippen LogP contribution in [0, 0.1) is 0 Å². The van der Waals surface area contributed by atoms with E-state index in [-0.39, 0.29) is 6.17 Å². The molecule has 0 aliphatic carbocycles. The molecular weight excluding hydrogens is 210 g/mol. The molecule has 0 aromatic heterocycles. The first-order valence-corrected chi connectivity index (χ1v) is 5.69. The molecule has 1 atom stereocenters. The Hall–Kier alpha value is -1.68. The van der Waals surface area contributed by atoms with E-state index in [9.17, 15) is 0 Å². The van der Waals surface area contributed by atoms with Crippen molar-refractivity contribution in [2.75, 3.05) is 0 Å². The average Bonchev–Trinajstić information content (AvgIpc) is 2.41. The van der Waals surface area contributed by atoms with Crippen LogP contribution in [0.1, 0.15) is 17.3 Å². The molecule has 0 aliphatic rings. The van der Waals surface area contributed by atoms with Gasteiger partial charge in [0.25, 0.3) is 0 Å². The minimum Gasteiger partial charge on any atom is -0.311 e. The van der Waals surface area contributed by atoms with Crippen molar-refractivity contribution in [2.24, 2.45) is 5.73 Å². The fourth-order valence-electron chi connectivity index (χ4n) is 1.60. The van der Waals surface area contributed by atoms with Crippen molar-refractivity contribution >= 4 is 0 Å². The van der Waals surface area contributed by atoms with E-state index in [0.29, 0.717) is 0 Å². The second kappa shape index (κ2) is 6.15. The summed E-state index contributed by atoms with van der Waals surface area (Å²) in [7, 11) is 0. The van der Waals surface area contributed by atoms with Crippen LogP contribution in [-0.4, -0.2) is 0 Å². The lowest BCUT2D eigenvalue weighted by Gasteiger charge is -2.15. The normalized spacial score (nSPS) is 12.3. The lowest BCUT2D eigenvalue weighted by atomic mass is 10.2. The van der Waals surface area contributed by atoms with Gasteiger partial charge in [0.2, 0.25) is 0 Å². The van der Waals surface area contributed by atoms with Crippen molar-refractivity contribution in [3.63, 3.8) is 0 Å². The van der Waals surface area contributed by atoms with Crippen LogP contribution in [0.3, 0.4) is 0 Å². The standard InChI is InChI=1S/C14H17N3/c15-14(13-9-5-2-6-10-13)17-16-11-12-7-3-1-4-8-12/h1-10,14,16-17H,11,15H2. The predicted molar refractivity (Wildman–Crippen MR) is 69.8 cm³/mol. The summed E-state index contributed by atoms with van der Waals surface area (Å²) in [5.74, 6) is 0. The molecule has 17 heavy (non-hydrogen) atoms. The molecule has 0 saturated heterocycles. The Balaban J connectivity index is 1.79. The van der Waals surface area contributed by atoms with Crippen molar-refractivity contribution in [2.45, 2.75) is 12.7 Å². The van der Waals surface area contributed by atoms with E-state index < -0.39 is 0 Å². The van der Waals surface area contributed by atoms with Gasteiger partial charge in [-0.15, -0.1) is 0 Å². The molecule has 0 radical (unpaired) electrons. The zero-order chi connectivity index (χ0) is 11.9. The van der Waals surface area contributed by atoms with Crippen LogP contribution >= 0.6 is 0 Å². The van der Waals surface area contributed by atoms with Crippen molar-refractivity contribution in [3.8, 4) is 0 Å². The molecular formula is C14H17N3. The summed E-state index contributed by atoms with van der Waals surface area (Å²) in [5, 5.41) is 0. The molecule has 88 valence electrons. The topological polar surface area (TPSA) is 50.1 Å². The lowest BCUT2D eigenvalue weighted by Crippen LogP contribution is -2.39. The quantitative estimate of drug-likeness (QED) is 0.540. The van der Waals surface area contributed by atoms with Gasteiger partial charge in [0, 0.05) is 6.54 Å². The van der Waals surface area contributed by atoms with Gasteiger partial charge in [-0.05, 0) is 11.1 Å². The SMILES string of the molecule is NC(NNCc1ccccc1)c1ccccc1. The second-order valence-corrected chi connectivity index (χ2v) is 3.87. The van der Waals surface area contributed by atoms with Gasteiger partial charge >= 0.3 is 0 Å². The van der Waals surface area contributed by atoms with Crippen molar-refractivity contribution in [3.05, 3.63) is 71.8 Å². The van der Waals surface area contributed by atoms with E-state index in [1.807, 2.05) is 48.5 Å². The van der Waals surface area contributed by atoms with E-state index in [2.05, 4.69) is 23.0 Å². The first kappa shape index (κ1) is 11.8. The molecule has 3 nitrogen and oxygen atoms in total. The third-order valence-corrected chi connectivity index (χ3v) is 2.55. The Morgan fingerprint density at radius 3 is 2.12 bits per heavy atom. The highest BCUT2D eigenvalue weighted by atomic mass is 15.4.